The third-order valence-electron chi connectivity index (χ3n) is 4.80. The van der Waals surface area contributed by atoms with Gasteiger partial charge in [-0.25, -0.2) is 4.79 Å². The number of aliphatic carboxylic acids is 1. The van der Waals surface area contributed by atoms with Crippen molar-refractivity contribution >= 4 is 18.2 Å². The summed E-state index contributed by atoms with van der Waals surface area (Å²) < 4.78 is 16.1. The molecular weight excluding hydrogens is 418 g/mol. The van der Waals surface area contributed by atoms with E-state index in [1.807, 2.05) is 0 Å². The van der Waals surface area contributed by atoms with Crippen molar-refractivity contribution in [3.63, 3.8) is 0 Å². The molecule has 1 aromatic rings. The zero-order valence-corrected chi connectivity index (χ0v) is 16.8. The van der Waals surface area contributed by atoms with E-state index in [4.69, 9.17) is 19.3 Å². The molecule has 0 aliphatic carbocycles. The largest absolute Gasteiger partial charge is 0.496 e. The highest BCUT2D eigenvalue weighted by Crippen LogP contribution is 2.36. The Kier molecular flexibility index (Phi) is 7.92. The number of aliphatic hydroxyl groups is 4. The first kappa shape index (κ1) is 24.5. The summed E-state index contributed by atoms with van der Waals surface area (Å²) in [6, 6.07) is 2.52. The van der Waals surface area contributed by atoms with Gasteiger partial charge in [0.25, 0.3) is 0 Å². The average molecular weight is 443 g/mol. The summed E-state index contributed by atoms with van der Waals surface area (Å²) in [5.41, 5.74) is 0.175. The van der Waals surface area contributed by atoms with Gasteiger partial charge in [0.15, 0.2) is 6.29 Å². The predicted molar refractivity (Wildman–Crippen MR) is 102 cm³/mol. The van der Waals surface area contributed by atoms with Crippen LogP contribution >= 0.6 is 0 Å². The van der Waals surface area contributed by atoms with Gasteiger partial charge in [0, 0.05) is 13.0 Å². The van der Waals surface area contributed by atoms with Crippen molar-refractivity contribution in [2.75, 3.05) is 13.7 Å². The summed E-state index contributed by atoms with van der Waals surface area (Å²) in [6.45, 7) is 0.240. The molecule has 6 atom stereocenters. The van der Waals surface area contributed by atoms with Crippen molar-refractivity contribution in [1.29, 1.82) is 0 Å². The topological polar surface area (TPSA) is 192 Å². The van der Waals surface area contributed by atoms with Gasteiger partial charge < -0.3 is 45.1 Å². The molecule has 0 bridgehead atoms. The van der Waals surface area contributed by atoms with Gasteiger partial charge in [0.2, 0.25) is 5.91 Å². The van der Waals surface area contributed by atoms with Crippen LogP contribution in [0.5, 0.6) is 11.5 Å². The molecule has 0 aromatic heterocycles. The van der Waals surface area contributed by atoms with Crippen LogP contribution in [0.2, 0.25) is 0 Å². The monoisotopic (exact) mass is 443 g/mol. The Labute approximate surface area is 177 Å². The molecule has 0 saturated carbocycles. The van der Waals surface area contributed by atoms with Gasteiger partial charge in [0.1, 0.15) is 29.8 Å². The van der Waals surface area contributed by atoms with E-state index in [-0.39, 0.29) is 17.1 Å². The van der Waals surface area contributed by atoms with E-state index in [0.717, 1.165) is 6.92 Å². The van der Waals surface area contributed by atoms with Crippen LogP contribution in [0.25, 0.3) is 0 Å². The van der Waals surface area contributed by atoms with Crippen LogP contribution in [0.1, 0.15) is 23.7 Å². The van der Waals surface area contributed by atoms with Crippen LogP contribution in [0, 0.1) is 0 Å². The Morgan fingerprint density at radius 2 is 2.06 bits per heavy atom. The van der Waals surface area contributed by atoms with Crippen LogP contribution in [-0.2, 0) is 14.3 Å². The fourth-order valence-corrected chi connectivity index (χ4v) is 3.27. The summed E-state index contributed by atoms with van der Waals surface area (Å²) in [7, 11) is 1.29. The van der Waals surface area contributed by atoms with Crippen LogP contribution in [0.4, 0.5) is 0 Å². The second-order valence-corrected chi connectivity index (χ2v) is 7.00. The number of ether oxygens (including phenoxy) is 3. The standard InChI is InChI=1S/C19H25NO11/c1-9(23)20-15-12(24)6-19(18(27)28,31-17(15)16(26)13(25)8-22)30-11-4-3-10(7-21)14(5-11)29-2/h3-5,7,12-13,15-17,22,24-26H,6,8H2,1-2H3,(H,20,23)(H,27,28)/t12-,13?,15+,16?,17-,19-/m0/s1. The highest BCUT2D eigenvalue weighted by molar-refractivity contribution is 5.80. The summed E-state index contributed by atoms with van der Waals surface area (Å²) in [5.74, 6) is -4.81. The van der Waals surface area contributed by atoms with E-state index in [9.17, 15) is 34.8 Å². The lowest BCUT2D eigenvalue weighted by molar-refractivity contribution is -0.284. The lowest BCUT2D eigenvalue weighted by Crippen LogP contribution is -2.68. The van der Waals surface area contributed by atoms with Gasteiger partial charge in [-0.15, -0.1) is 0 Å². The summed E-state index contributed by atoms with van der Waals surface area (Å²) in [4.78, 5) is 34.7. The molecule has 31 heavy (non-hydrogen) atoms. The molecule has 1 amide bonds. The number of aliphatic hydroxyl groups excluding tert-OH is 4. The highest BCUT2D eigenvalue weighted by atomic mass is 16.7. The molecule has 1 aromatic carbocycles. The van der Waals surface area contributed by atoms with Gasteiger partial charge >= 0.3 is 11.8 Å². The number of benzene rings is 1. The number of hydrogen-bond donors (Lipinski definition) is 6. The van der Waals surface area contributed by atoms with Gasteiger partial charge in [-0.2, -0.15) is 0 Å². The molecule has 1 heterocycles. The number of methoxy groups -OCH3 is 1. The van der Waals surface area contributed by atoms with E-state index in [2.05, 4.69) is 5.32 Å². The van der Waals surface area contributed by atoms with Gasteiger partial charge in [0.05, 0.1) is 37.8 Å². The highest BCUT2D eigenvalue weighted by Gasteiger charge is 2.56. The number of hydrogen-bond acceptors (Lipinski definition) is 10. The number of amides is 1. The second-order valence-electron chi connectivity index (χ2n) is 7.00. The first-order chi connectivity index (χ1) is 14.6. The number of carboxylic acid groups (broad SMARTS) is 1. The first-order valence-corrected chi connectivity index (χ1v) is 9.24. The van der Waals surface area contributed by atoms with E-state index < -0.39 is 61.1 Å². The van der Waals surface area contributed by atoms with Crippen molar-refractivity contribution in [2.24, 2.45) is 0 Å². The van der Waals surface area contributed by atoms with E-state index >= 15 is 0 Å². The lowest BCUT2D eigenvalue weighted by atomic mass is 9.88. The molecular formula is C19H25NO11. The van der Waals surface area contributed by atoms with E-state index in [0.29, 0.717) is 6.29 Å². The number of nitrogens with one attached hydrogen (secondary N) is 1. The van der Waals surface area contributed by atoms with Crippen LogP contribution in [0.3, 0.4) is 0 Å². The van der Waals surface area contributed by atoms with Crippen molar-refractivity contribution < 1.29 is 54.1 Å². The summed E-state index contributed by atoms with van der Waals surface area (Å²) in [5, 5.41) is 52.1. The quantitative estimate of drug-likeness (QED) is 0.232. The minimum Gasteiger partial charge on any atom is -0.496 e. The van der Waals surface area contributed by atoms with Crippen LogP contribution < -0.4 is 14.8 Å². The Hall–Kier alpha value is -2.77. The summed E-state index contributed by atoms with van der Waals surface area (Å²) in [6.07, 6.45) is -7.02. The Morgan fingerprint density at radius 1 is 1.39 bits per heavy atom. The van der Waals surface area contributed by atoms with Crippen molar-refractivity contribution in [3.8, 4) is 11.5 Å². The lowest BCUT2D eigenvalue weighted by Gasteiger charge is -2.46. The number of aldehydes is 1. The molecule has 1 aliphatic heterocycles. The minimum atomic E-state index is -2.54. The minimum absolute atomic E-state index is 0.0906. The Morgan fingerprint density at radius 3 is 2.58 bits per heavy atom. The van der Waals surface area contributed by atoms with Crippen molar-refractivity contribution in [1.82, 2.24) is 5.32 Å². The van der Waals surface area contributed by atoms with E-state index in [1.165, 1.54) is 25.3 Å². The first-order valence-electron chi connectivity index (χ1n) is 9.24. The summed E-state index contributed by atoms with van der Waals surface area (Å²) >= 11 is 0. The SMILES string of the molecule is COc1cc(O[C@@]2(C(=O)O)C[C@H](O)[C@@H](NC(C)=O)[C@@H](C(O)C(O)CO)O2)ccc1C=O. The molecule has 2 unspecified atom stereocenters. The van der Waals surface area contributed by atoms with Crippen molar-refractivity contribution in [2.45, 2.75) is 49.6 Å². The third kappa shape index (κ3) is 5.29. The van der Waals surface area contributed by atoms with Crippen molar-refractivity contribution in [3.05, 3.63) is 23.8 Å². The molecule has 12 nitrogen and oxygen atoms in total. The fraction of sp³-hybridized carbons (Fsp3) is 0.526. The normalized spacial score (nSPS) is 27.6. The molecule has 1 saturated heterocycles. The predicted octanol–water partition coefficient (Wildman–Crippen LogP) is -1.96. The molecule has 172 valence electrons. The maximum absolute atomic E-state index is 12.1. The fourth-order valence-electron chi connectivity index (χ4n) is 3.27. The molecule has 6 N–H and O–H groups in total. The number of carboxylic acids is 1. The maximum atomic E-state index is 12.1. The zero-order valence-electron chi connectivity index (χ0n) is 16.8. The van der Waals surface area contributed by atoms with Crippen LogP contribution in [-0.4, -0.2) is 93.7 Å². The van der Waals surface area contributed by atoms with Gasteiger partial charge in [-0.05, 0) is 12.1 Å². The number of carbonyl (C=O) groups is 3. The molecule has 1 fully saturated rings. The molecule has 12 heteroatoms. The van der Waals surface area contributed by atoms with Gasteiger partial charge in [-0.3, -0.25) is 9.59 Å². The molecule has 0 radical (unpaired) electrons. The molecule has 2 rings (SSSR count). The molecule has 0 spiro atoms. The van der Waals surface area contributed by atoms with Crippen LogP contribution in [0.15, 0.2) is 18.2 Å². The smallest absolute Gasteiger partial charge is 0.377 e. The molecule has 1 aliphatic rings. The Balaban J connectivity index is 2.45. The zero-order chi connectivity index (χ0) is 23.3. The maximum Gasteiger partial charge on any atom is 0.377 e. The number of carbonyl (C=O) groups excluding carboxylic acids is 2. The van der Waals surface area contributed by atoms with E-state index in [1.54, 1.807) is 0 Å². The second kappa shape index (κ2) is 10.0. The van der Waals surface area contributed by atoms with Gasteiger partial charge in [-0.1, -0.05) is 0 Å². The third-order valence-corrected chi connectivity index (χ3v) is 4.80. The number of rotatable bonds is 9. The average Bonchev–Trinajstić information content (AvgIpc) is 2.73. The Bertz CT molecular complexity index is 816.